The fourth-order valence-electron chi connectivity index (χ4n) is 1.06. The predicted octanol–water partition coefficient (Wildman–Crippen LogP) is 0.0134. The molecule has 2 aromatic rings. The van der Waals surface area contributed by atoms with Crippen LogP contribution in [0.25, 0.3) is 5.65 Å². The molecule has 60 valence electrons. The number of aromatic nitrogens is 3. The molecule has 0 unspecified atom stereocenters. The van der Waals surface area contributed by atoms with Crippen LogP contribution in [0.2, 0.25) is 0 Å². The Morgan fingerprint density at radius 1 is 1.58 bits per heavy atom. The van der Waals surface area contributed by atoms with Crippen LogP contribution in [0.1, 0.15) is 5.56 Å². The lowest BCUT2D eigenvalue weighted by molar-refractivity contribution is 1.10. The summed E-state index contributed by atoms with van der Waals surface area (Å²) in [7, 11) is 0. The molecular formula is C7H7N5. The summed E-state index contributed by atoms with van der Waals surface area (Å²) in [6.07, 6.45) is 3.38. The quantitative estimate of drug-likeness (QED) is 0.456. The Morgan fingerprint density at radius 3 is 3.17 bits per heavy atom. The van der Waals surface area contributed by atoms with E-state index in [0.717, 1.165) is 0 Å². The maximum atomic E-state index is 7.25. The number of hydrogen-bond acceptors (Lipinski definition) is 3. The molecule has 0 spiro atoms. The minimum absolute atomic E-state index is 0.00796. The van der Waals surface area contributed by atoms with E-state index in [-0.39, 0.29) is 5.84 Å². The molecule has 2 aromatic heterocycles. The van der Waals surface area contributed by atoms with E-state index in [0.29, 0.717) is 11.2 Å². The van der Waals surface area contributed by atoms with Gasteiger partial charge in [0, 0.05) is 6.20 Å². The van der Waals surface area contributed by atoms with Gasteiger partial charge >= 0.3 is 0 Å². The Labute approximate surface area is 68.3 Å². The third-order valence-corrected chi connectivity index (χ3v) is 1.61. The van der Waals surface area contributed by atoms with Gasteiger partial charge in [-0.25, -0.2) is 0 Å². The van der Waals surface area contributed by atoms with Crippen LogP contribution in [0.15, 0.2) is 24.7 Å². The molecule has 3 N–H and O–H groups in total. The van der Waals surface area contributed by atoms with Crippen molar-refractivity contribution < 1.29 is 0 Å². The van der Waals surface area contributed by atoms with Crippen molar-refractivity contribution in [2.75, 3.05) is 0 Å². The van der Waals surface area contributed by atoms with Crippen molar-refractivity contribution in [2.45, 2.75) is 0 Å². The highest BCUT2D eigenvalue weighted by Gasteiger charge is 2.03. The number of hydrogen-bond donors (Lipinski definition) is 2. The van der Waals surface area contributed by atoms with Crippen LogP contribution in [0.3, 0.4) is 0 Å². The summed E-state index contributed by atoms with van der Waals surface area (Å²) < 4.78 is 1.72. The summed E-state index contributed by atoms with van der Waals surface area (Å²) in [6.45, 7) is 0. The van der Waals surface area contributed by atoms with Crippen LogP contribution in [0.4, 0.5) is 0 Å². The highest BCUT2D eigenvalue weighted by Crippen LogP contribution is 2.05. The lowest BCUT2D eigenvalue weighted by Gasteiger charge is -1.98. The van der Waals surface area contributed by atoms with Crippen molar-refractivity contribution in [2.24, 2.45) is 5.73 Å². The maximum absolute atomic E-state index is 7.25. The van der Waals surface area contributed by atoms with E-state index >= 15 is 0 Å². The van der Waals surface area contributed by atoms with Crippen LogP contribution >= 0.6 is 0 Å². The van der Waals surface area contributed by atoms with Gasteiger partial charge in [-0.3, -0.25) is 9.81 Å². The van der Waals surface area contributed by atoms with Crippen molar-refractivity contribution in [3.05, 3.63) is 30.2 Å². The molecular weight excluding hydrogens is 154 g/mol. The van der Waals surface area contributed by atoms with Gasteiger partial charge in [0.2, 0.25) is 0 Å². The first kappa shape index (κ1) is 6.78. The number of nitrogen functional groups attached to an aromatic ring is 1. The second-order valence-electron chi connectivity index (χ2n) is 2.40. The van der Waals surface area contributed by atoms with Gasteiger partial charge < -0.3 is 5.73 Å². The second kappa shape index (κ2) is 2.30. The normalized spacial score (nSPS) is 10.3. The summed E-state index contributed by atoms with van der Waals surface area (Å²) >= 11 is 0. The zero-order valence-corrected chi connectivity index (χ0v) is 6.23. The third kappa shape index (κ3) is 0.833. The first-order valence-corrected chi connectivity index (χ1v) is 3.42. The minimum atomic E-state index is 0.00796. The van der Waals surface area contributed by atoms with Crippen LogP contribution in [-0.2, 0) is 0 Å². The van der Waals surface area contributed by atoms with Gasteiger partial charge in [0.25, 0.3) is 0 Å². The van der Waals surface area contributed by atoms with Gasteiger partial charge in [-0.05, 0) is 12.1 Å². The topological polar surface area (TPSA) is 80.1 Å². The van der Waals surface area contributed by atoms with Crippen molar-refractivity contribution >= 4 is 11.5 Å². The number of fused-ring (bicyclic) bond motifs is 1. The van der Waals surface area contributed by atoms with E-state index in [1.165, 1.54) is 0 Å². The van der Waals surface area contributed by atoms with E-state index in [2.05, 4.69) is 10.2 Å². The van der Waals surface area contributed by atoms with Gasteiger partial charge in [0.05, 0.1) is 5.56 Å². The number of nitrogens with two attached hydrogens (primary N) is 1. The highest BCUT2D eigenvalue weighted by molar-refractivity contribution is 6.00. The van der Waals surface area contributed by atoms with E-state index in [9.17, 15) is 0 Å². The van der Waals surface area contributed by atoms with Gasteiger partial charge in [-0.2, -0.15) is 0 Å². The second-order valence-corrected chi connectivity index (χ2v) is 2.40. The highest BCUT2D eigenvalue weighted by atomic mass is 15.2. The molecule has 0 fully saturated rings. The molecule has 0 saturated carbocycles. The smallest absolute Gasteiger partial charge is 0.171 e. The van der Waals surface area contributed by atoms with Crippen LogP contribution in [0.5, 0.6) is 0 Å². The summed E-state index contributed by atoms with van der Waals surface area (Å²) in [6, 6.07) is 3.54. The first-order valence-electron chi connectivity index (χ1n) is 3.42. The summed E-state index contributed by atoms with van der Waals surface area (Å²) in [5.74, 6) is 0.00796. The molecule has 5 nitrogen and oxygen atoms in total. The molecule has 0 aliphatic rings. The van der Waals surface area contributed by atoms with Gasteiger partial charge in [0.15, 0.2) is 5.65 Å². The summed E-state index contributed by atoms with van der Waals surface area (Å²) in [5, 5.41) is 14.8. The Kier molecular flexibility index (Phi) is 1.30. The molecule has 0 saturated heterocycles. The molecule has 0 amide bonds. The number of pyridine rings is 1. The average molecular weight is 161 g/mol. The van der Waals surface area contributed by atoms with E-state index in [4.69, 9.17) is 11.1 Å². The van der Waals surface area contributed by atoms with E-state index < -0.39 is 0 Å². The molecule has 0 atom stereocenters. The first-order chi connectivity index (χ1) is 5.79. The van der Waals surface area contributed by atoms with Crippen LogP contribution in [0, 0.1) is 5.41 Å². The maximum Gasteiger partial charge on any atom is 0.171 e. The molecule has 5 heteroatoms. The number of nitrogens with one attached hydrogen (secondary N) is 1. The zero-order chi connectivity index (χ0) is 8.55. The Hall–Kier alpha value is -1.91. The van der Waals surface area contributed by atoms with Crippen molar-refractivity contribution in [3.63, 3.8) is 0 Å². The molecule has 2 rings (SSSR count). The number of nitrogens with zero attached hydrogens (tertiary/aromatic N) is 3. The zero-order valence-electron chi connectivity index (χ0n) is 6.23. The molecule has 0 aliphatic carbocycles. The van der Waals surface area contributed by atoms with E-state index in [1.54, 1.807) is 22.9 Å². The van der Waals surface area contributed by atoms with Gasteiger partial charge in [-0.15, -0.1) is 10.2 Å². The third-order valence-electron chi connectivity index (χ3n) is 1.61. The average Bonchev–Trinajstić information content (AvgIpc) is 2.49. The summed E-state index contributed by atoms with van der Waals surface area (Å²) in [5.41, 5.74) is 6.56. The van der Waals surface area contributed by atoms with Gasteiger partial charge in [0.1, 0.15) is 12.2 Å². The molecule has 0 bridgehead atoms. The predicted molar refractivity (Wildman–Crippen MR) is 44.0 cm³/mol. The Balaban J connectivity index is 2.82. The lowest BCUT2D eigenvalue weighted by atomic mass is 10.2. The lowest BCUT2D eigenvalue weighted by Crippen LogP contribution is -2.12. The molecule has 12 heavy (non-hydrogen) atoms. The monoisotopic (exact) mass is 161 g/mol. The van der Waals surface area contributed by atoms with Crippen molar-refractivity contribution in [3.8, 4) is 0 Å². The largest absolute Gasteiger partial charge is 0.384 e. The van der Waals surface area contributed by atoms with Crippen LogP contribution < -0.4 is 5.73 Å². The van der Waals surface area contributed by atoms with Crippen molar-refractivity contribution in [1.82, 2.24) is 14.6 Å². The van der Waals surface area contributed by atoms with Crippen molar-refractivity contribution in [1.29, 1.82) is 5.41 Å². The molecule has 2 heterocycles. The molecule has 0 aliphatic heterocycles. The SMILES string of the molecule is N=C(N)c1cccn2cnnc12. The van der Waals surface area contributed by atoms with E-state index in [1.807, 2.05) is 6.20 Å². The molecule has 0 radical (unpaired) electrons. The number of rotatable bonds is 1. The van der Waals surface area contributed by atoms with Crippen LogP contribution in [-0.4, -0.2) is 20.4 Å². The standard InChI is InChI=1S/C7H7N5/c8-6(9)5-2-1-3-12-4-10-11-7(5)12/h1-4H,(H3,8,9). The Bertz CT molecular complexity index is 430. The summed E-state index contributed by atoms with van der Waals surface area (Å²) in [4.78, 5) is 0. The molecule has 0 aromatic carbocycles. The Morgan fingerprint density at radius 2 is 2.42 bits per heavy atom. The minimum Gasteiger partial charge on any atom is -0.384 e. The van der Waals surface area contributed by atoms with Gasteiger partial charge in [-0.1, -0.05) is 0 Å². The fourth-order valence-corrected chi connectivity index (χ4v) is 1.06. The fraction of sp³-hybridized carbons (Fsp3) is 0. The number of amidine groups is 1.